The molecule has 4 bridgehead atoms. The summed E-state index contributed by atoms with van der Waals surface area (Å²) in [5.41, 5.74) is 0.723. The first-order valence-corrected chi connectivity index (χ1v) is 16.9. The first-order chi connectivity index (χ1) is 20.6. The van der Waals surface area contributed by atoms with Gasteiger partial charge in [-0.05, 0) is 133 Å². The lowest BCUT2D eigenvalue weighted by atomic mass is 9.53. The van der Waals surface area contributed by atoms with E-state index in [0.717, 1.165) is 63.2 Å². The quantitative estimate of drug-likeness (QED) is 0.213. The maximum atomic E-state index is 12.7. The number of alkyl carbamates (subject to hydrolysis) is 1. The van der Waals surface area contributed by atoms with Gasteiger partial charge in [0.25, 0.3) is 0 Å². The number of ether oxygens (including phenoxy) is 3. The number of esters is 1. The molecular formula is C35H49NO7. The fourth-order valence-electron chi connectivity index (χ4n) is 9.46. The van der Waals surface area contributed by atoms with Crippen molar-refractivity contribution in [1.82, 2.24) is 5.32 Å². The van der Waals surface area contributed by atoms with Crippen molar-refractivity contribution in [2.24, 2.45) is 29.6 Å². The zero-order chi connectivity index (χ0) is 29.8. The maximum absolute atomic E-state index is 12.7. The fraction of sp³-hybridized carbons (Fsp3) is 0.771. The number of carbonyl (C=O) groups excluding carboxylic acids is 2. The van der Waals surface area contributed by atoms with Crippen LogP contribution in [0.2, 0.25) is 0 Å². The molecule has 6 aliphatic carbocycles. The van der Waals surface area contributed by atoms with Gasteiger partial charge in [0.15, 0.2) is 0 Å². The summed E-state index contributed by atoms with van der Waals surface area (Å²) in [4.78, 5) is 37.3. The second-order valence-electron chi connectivity index (χ2n) is 15.6. The topological polar surface area (TPSA) is 92.3 Å². The smallest absolute Gasteiger partial charge is 0.407 e. The normalized spacial score (nSPS) is 40.1. The Labute approximate surface area is 255 Å². The van der Waals surface area contributed by atoms with Crippen molar-refractivity contribution < 1.29 is 33.6 Å². The van der Waals surface area contributed by atoms with E-state index in [4.69, 9.17) is 24.0 Å². The van der Waals surface area contributed by atoms with Crippen molar-refractivity contribution in [2.75, 3.05) is 0 Å². The predicted octanol–water partition coefficient (Wildman–Crippen LogP) is 7.55. The van der Waals surface area contributed by atoms with Gasteiger partial charge in [0, 0.05) is 37.1 Å². The molecule has 2 atom stereocenters. The van der Waals surface area contributed by atoms with E-state index in [1.807, 2.05) is 32.9 Å². The summed E-state index contributed by atoms with van der Waals surface area (Å²) in [6, 6.07) is 8.12. The molecule has 1 heterocycles. The molecule has 6 saturated carbocycles. The van der Waals surface area contributed by atoms with Crippen LogP contribution >= 0.6 is 0 Å². The standard InChI is InChI=1S/C35H49NO7/c1-33(2,3)40-32(38)36-29-10-6-22(7-11-29)20-31(37)39-30-12-8-25(9-13-30)26-5-4-14-34(21-26)41-35(43-42-34)27-16-23-15-24(18-27)19-28(35)17-23/h8-9,12-13,22-24,26-29H,4-7,10-11,14-21H2,1-3H3,(H,36,38)/t22?,23?,24?,26?,27?,28?,29?,34-,35?/m1/s1. The van der Waals surface area contributed by atoms with Crippen LogP contribution < -0.4 is 10.1 Å². The molecule has 2 spiro atoms. The van der Waals surface area contributed by atoms with Crippen molar-refractivity contribution in [1.29, 1.82) is 0 Å². The molecule has 236 valence electrons. The van der Waals surface area contributed by atoms with Gasteiger partial charge in [-0.2, -0.15) is 9.78 Å². The van der Waals surface area contributed by atoms with E-state index in [1.165, 1.54) is 37.7 Å². The molecule has 1 aromatic carbocycles. The van der Waals surface area contributed by atoms with E-state index in [0.29, 0.717) is 29.9 Å². The summed E-state index contributed by atoms with van der Waals surface area (Å²) in [6.45, 7) is 5.58. The zero-order valence-corrected chi connectivity index (χ0v) is 26.1. The Morgan fingerprint density at radius 2 is 1.58 bits per heavy atom. The van der Waals surface area contributed by atoms with Crippen LogP contribution in [0.3, 0.4) is 0 Å². The average Bonchev–Trinajstić information content (AvgIpc) is 3.31. The van der Waals surface area contributed by atoms with Crippen molar-refractivity contribution in [3.8, 4) is 5.75 Å². The third-order valence-corrected chi connectivity index (χ3v) is 11.2. The Bertz CT molecular complexity index is 1160. The van der Waals surface area contributed by atoms with Crippen LogP contribution in [0, 0.1) is 29.6 Å². The third kappa shape index (κ3) is 6.21. The zero-order valence-electron chi connectivity index (χ0n) is 26.1. The van der Waals surface area contributed by atoms with E-state index in [-0.39, 0.29) is 24.0 Å². The molecule has 1 N–H and O–H groups in total. The lowest BCUT2D eigenvalue weighted by Crippen LogP contribution is -2.59. The van der Waals surface area contributed by atoms with Crippen molar-refractivity contribution in [3.63, 3.8) is 0 Å². The van der Waals surface area contributed by atoms with Gasteiger partial charge in [0.2, 0.25) is 11.6 Å². The van der Waals surface area contributed by atoms with Gasteiger partial charge in [-0.15, -0.1) is 0 Å². The van der Waals surface area contributed by atoms with Gasteiger partial charge in [0.05, 0.1) is 0 Å². The molecule has 1 unspecified atom stereocenters. The van der Waals surface area contributed by atoms with E-state index in [1.54, 1.807) is 0 Å². The molecule has 7 aliphatic rings. The third-order valence-electron chi connectivity index (χ3n) is 11.2. The largest absolute Gasteiger partial charge is 0.444 e. The highest BCUT2D eigenvalue weighted by Crippen LogP contribution is 2.64. The maximum Gasteiger partial charge on any atom is 0.407 e. The molecule has 8 nitrogen and oxygen atoms in total. The molecule has 43 heavy (non-hydrogen) atoms. The minimum Gasteiger partial charge on any atom is -0.444 e. The van der Waals surface area contributed by atoms with Crippen LogP contribution in [-0.4, -0.2) is 35.3 Å². The molecule has 1 aliphatic heterocycles. The van der Waals surface area contributed by atoms with E-state index in [9.17, 15) is 9.59 Å². The molecule has 0 radical (unpaired) electrons. The van der Waals surface area contributed by atoms with Crippen LogP contribution in [0.5, 0.6) is 5.75 Å². The molecular weight excluding hydrogens is 546 g/mol. The monoisotopic (exact) mass is 595 g/mol. The first kappa shape index (κ1) is 29.5. The highest BCUT2D eigenvalue weighted by molar-refractivity contribution is 5.72. The van der Waals surface area contributed by atoms with Crippen LogP contribution in [0.4, 0.5) is 4.79 Å². The summed E-state index contributed by atoms with van der Waals surface area (Å²) in [6.07, 6.45) is 13.6. The summed E-state index contributed by atoms with van der Waals surface area (Å²) in [7, 11) is 0. The number of hydrogen-bond acceptors (Lipinski definition) is 7. The number of rotatable bonds is 5. The number of nitrogens with one attached hydrogen (secondary N) is 1. The minimum atomic E-state index is -0.648. The van der Waals surface area contributed by atoms with E-state index >= 15 is 0 Å². The Kier molecular flexibility index (Phi) is 7.78. The predicted molar refractivity (Wildman–Crippen MR) is 159 cm³/mol. The van der Waals surface area contributed by atoms with Crippen LogP contribution in [-0.2, 0) is 24.0 Å². The summed E-state index contributed by atoms with van der Waals surface area (Å²) in [5.74, 6) is 2.46. The highest BCUT2D eigenvalue weighted by atomic mass is 17.3. The van der Waals surface area contributed by atoms with E-state index < -0.39 is 17.2 Å². The lowest BCUT2D eigenvalue weighted by Gasteiger charge is -2.57. The minimum absolute atomic E-state index is 0.0959. The Hall–Kier alpha value is -2.16. The molecule has 1 saturated heterocycles. The Morgan fingerprint density at radius 1 is 0.907 bits per heavy atom. The van der Waals surface area contributed by atoms with Crippen LogP contribution in [0.1, 0.15) is 122 Å². The second-order valence-corrected chi connectivity index (χ2v) is 15.6. The Morgan fingerprint density at radius 3 is 2.23 bits per heavy atom. The van der Waals surface area contributed by atoms with Crippen LogP contribution in [0.25, 0.3) is 0 Å². The molecule has 1 aromatic rings. The number of hydrogen-bond donors (Lipinski definition) is 1. The van der Waals surface area contributed by atoms with Gasteiger partial charge in [-0.25, -0.2) is 4.79 Å². The number of carbonyl (C=O) groups is 2. The average molecular weight is 596 g/mol. The van der Waals surface area contributed by atoms with Gasteiger partial charge in [-0.1, -0.05) is 12.1 Å². The van der Waals surface area contributed by atoms with Crippen molar-refractivity contribution >= 4 is 12.1 Å². The number of amides is 1. The van der Waals surface area contributed by atoms with Gasteiger partial charge < -0.3 is 19.5 Å². The fourth-order valence-corrected chi connectivity index (χ4v) is 9.46. The van der Waals surface area contributed by atoms with E-state index in [2.05, 4.69) is 17.4 Å². The van der Waals surface area contributed by atoms with Gasteiger partial charge in [-0.3, -0.25) is 4.79 Å². The molecule has 8 heteroatoms. The van der Waals surface area contributed by atoms with Crippen molar-refractivity contribution in [3.05, 3.63) is 29.8 Å². The highest BCUT2D eigenvalue weighted by Gasteiger charge is 2.67. The molecule has 7 fully saturated rings. The van der Waals surface area contributed by atoms with Crippen LogP contribution in [0.15, 0.2) is 24.3 Å². The van der Waals surface area contributed by atoms with Gasteiger partial charge >= 0.3 is 12.1 Å². The summed E-state index contributed by atoms with van der Waals surface area (Å²) in [5, 5.41) is 2.96. The summed E-state index contributed by atoms with van der Waals surface area (Å²) >= 11 is 0. The molecule has 0 aromatic heterocycles. The van der Waals surface area contributed by atoms with Crippen molar-refractivity contribution in [2.45, 2.75) is 140 Å². The second kappa shape index (κ2) is 11.3. The lowest BCUT2D eigenvalue weighted by molar-refractivity contribution is -0.390. The molecule has 8 rings (SSSR count). The Balaban J connectivity index is 0.888. The molecule has 1 amide bonds. The van der Waals surface area contributed by atoms with Gasteiger partial charge in [0.1, 0.15) is 11.4 Å². The SMILES string of the molecule is CC(C)(C)OC(=O)NC1CCC(CC(=O)Oc2ccc(C3CCC[C@]4(C3)OOC3(O4)C4CC5CC(C4)CC3C5)cc2)CC1. The first-order valence-electron chi connectivity index (χ1n) is 16.9. The number of benzene rings is 1. The summed E-state index contributed by atoms with van der Waals surface area (Å²) < 4.78 is 18.1.